The minimum atomic E-state index is -4.82. The van der Waals surface area contributed by atoms with Crippen LogP contribution in [0, 0.1) is 31.3 Å². The van der Waals surface area contributed by atoms with E-state index in [1.165, 1.54) is 10.7 Å². The van der Waals surface area contributed by atoms with Gasteiger partial charge in [-0.3, -0.25) is 9.48 Å². The Morgan fingerprint density at radius 3 is 2.41 bits per heavy atom. The summed E-state index contributed by atoms with van der Waals surface area (Å²) in [6.45, 7) is 3.22. The number of nitrogens with one attached hydrogen (secondary N) is 1. The Morgan fingerprint density at radius 2 is 1.74 bits per heavy atom. The third kappa shape index (κ3) is 4.45. The SMILES string of the molecule is Cc1nn(Cc2ccc(F)c(F)c2)c(C)c1NC(=O)c1cc(C(F)(F)F)nc2ccc(F)cc12. The van der Waals surface area contributed by atoms with Gasteiger partial charge in [-0.15, -0.1) is 0 Å². The number of carbonyl (C=O) groups is 1. The molecule has 2 aromatic heterocycles. The van der Waals surface area contributed by atoms with Crippen molar-refractivity contribution in [1.29, 1.82) is 0 Å². The fourth-order valence-electron chi connectivity index (χ4n) is 3.55. The highest BCUT2D eigenvalue weighted by molar-refractivity contribution is 6.12. The number of anilines is 1. The van der Waals surface area contributed by atoms with Crippen molar-refractivity contribution in [2.24, 2.45) is 0 Å². The fourth-order valence-corrected chi connectivity index (χ4v) is 3.55. The molecule has 0 fully saturated rings. The number of halogens is 6. The summed E-state index contributed by atoms with van der Waals surface area (Å²) < 4.78 is 81.9. The van der Waals surface area contributed by atoms with Gasteiger partial charge in [-0.1, -0.05) is 6.07 Å². The Bertz CT molecular complexity index is 1430. The first-order valence-corrected chi connectivity index (χ1v) is 9.91. The predicted molar refractivity (Wildman–Crippen MR) is 112 cm³/mol. The van der Waals surface area contributed by atoms with Gasteiger partial charge in [-0.2, -0.15) is 18.3 Å². The van der Waals surface area contributed by atoms with E-state index in [1.54, 1.807) is 13.8 Å². The number of hydrogen-bond acceptors (Lipinski definition) is 3. The lowest BCUT2D eigenvalue weighted by atomic mass is 10.1. The minimum absolute atomic E-state index is 0.0569. The van der Waals surface area contributed by atoms with Gasteiger partial charge < -0.3 is 5.32 Å². The van der Waals surface area contributed by atoms with Gasteiger partial charge in [0.15, 0.2) is 11.6 Å². The first-order chi connectivity index (χ1) is 15.9. The second kappa shape index (κ2) is 8.47. The number of benzene rings is 2. The van der Waals surface area contributed by atoms with Crippen LogP contribution in [0.25, 0.3) is 10.9 Å². The van der Waals surface area contributed by atoms with Crippen LogP contribution in [0.1, 0.15) is 33.0 Å². The van der Waals surface area contributed by atoms with Crippen molar-refractivity contribution in [3.05, 3.63) is 88.1 Å². The van der Waals surface area contributed by atoms with Crippen LogP contribution in [0.3, 0.4) is 0 Å². The second-order valence-electron chi connectivity index (χ2n) is 7.62. The molecule has 0 saturated heterocycles. The molecule has 0 aliphatic rings. The van der Waals surface area contributed by atoms with E-state index in [9.17, 15) is 31.1 Å². The predicted octanol–water partition coefficient (Wildman–Crippen LogP) is 5.78. The number of aryl methyl sites for hydroxylation is 1. The number of amides is 1. The van der Waals surface area contributed by atoms with Crippen LogP contribution in [0.2, 0.25) is 0 Å². The molecule has 0 radical (unpaired) electrons. The number of alkyl halides is 3. The Kier molecular flexibility index (Phi) is 5.80. The van der Waals surface area contributed by atoms with Crippen molar-refractivity contribution in [2.45, 2.75) is 26.6 Å². The summed E-state index contributed by atoms with van der Waals surface area (Å²) in [6, 6.07) is 6.88. The summed E-state index contributed by atoms with van der Waals surface area (Å²) in [7, 11) is 0. The highest BCUT2D eigenvalue weighted by atomic mass is 19.4. The van der Waals surface area contributed by atoms with Crippen molar-refractivity contribution in [3.8, 4) is 0 Å². The molecule has 0 atom stereocenters. The molecule has 1 amide bonds. The summed E-state index contributed by atoms with van der Waals surface area (Å²) in [5.41, 5.74) is -0.493. The van der Waals surface area contributed by atoms with Gasteiger partial charge in [0.05, 0.1) is 34.7 Å². The molecular weight excluding hydrogens is 462 g/mol. The largest absolute Gasteiger partial charge is 0.433 e. The van der Waals surface area contributed by atoms with Crippen molar-refractivity contribution >= 4 is 22.5 Å². The lowest BCUT2D eigenvalue weighted by Crippen LogP contribution is -2.17. The molecule has 34 heavy (non-hydrogen) atoms. The van der Waals surface area contributed by atoms with Crippen LogP contribution in [-0.4, -0.2) is 20.7 Å². The number of aromatic nitrogens is 3. The highest BCUT2D eigenvalue weighted by Gasteiger charge is 2.34. The average Bonchev–Trinajstić information content (AvgIpc) is 3.02. The smallest absolute Gasteiger partial charge is 0.319 e. The van der Waals surface area contributed by atoms with E-state index >= 15 is 0 Å². The zero-order valence-corrected chi connectivity index (χ0v) is 17.8. The number of fused-ring (bicyclic) bond motifs is 1. The van der Waals surface area contributed by atoms with E-state index in [-0.39, 0.29) is 23.1 Å². The number of rotatable bonds is 4. The van der Waals surface area contributed by atoms with Gasteiger partial charge in [0.2, 0.25) is 0 Å². The summed E-state index contributed by atoms with van der Waals surface area (Å²) in [4.78, 5) is 16.5. The van der Waals surface area contributed by atoms with E-state index in [1.807, 2.05) is 0 Å². The van der Waals surface area contributed by atoms with Gasteiger partial charge >= 0.3 is 6.18 Å². The quantitative estimate of drug-likeness (QED) is 0.378. The zero-order valence-electron chi connectivity index (χ0n) is 17.8. The molecule has 2 aromatic carbocycles. The standard InChI is InChI=1S/C23H16F6N4O/c1-11-21(12(2)33(32-11)10-13-3-5-17(25)18(26)7-13)31-22(34)16-9-20(23(27,28)29)30-19-6-4-14(24)8-15(16)19/h3-9H,10H2,1-2H3,(H,31,34). The number of hydrogen-bond donors (Lipinski definition) is 1. The lowest BCUT2D eigenvalue weighted by molar-refractivity contribution is -0.140. The van der Waals surface area contributed by atoms with Crippen molar-refractivity contribution < 1.29 is 31.1 Å². The van der Waals surface area contributed by atoms with Gasteiger partial charge in [0, 0.05) is 5.39 Å². The molecule has 5 nitrogen and oxygen atoms in total. The number of pyridine rings is 1. The van der Waals surface area contributed by atoms with E-state index in [0.717, 1.165) is 30.3 Å². The molecule has 1 N–H and O–H groups in total. The zero-order chi connectivity index (χ0) is 24.8. The first-order valence-electron chi connectivity index (χ1n) is 9.91. The summed E-state index contributed by atoms with van der Waals surface area (Å²) in [6.07, 6.45) is -4.82. The van der Waals surface area contributed by atoms with Gasteiger partial charge in [0.25, 0.3) is 5.91 Å². The molecular formula is C23H16F6N4O. The van der Waals surface area contributed by atoms with Crippen LogP contribution in [-0.2, 0) is 12.7 Å². The molecule has 2 heterocycles. The van der Waals surface area contributed by atoms with E-state index in [4.69, 9.17) is 0 Å². The second-order valence-corrected chi connectivity index (χ2v) is 7.62. The summed E-state index contributed by atoms with van der Waals surface area (Å²) >= 11 is 0. The van der Waals surface area contributed by atoms with Crippen LogP contribution >= 0.6 is 0 Å². The maximum atomic E-state index is 13.8. The molecule has 0 saturated carbocycles. The number of nitrogens with zero attached hydrogens (tertiary/aromatic N) is 3. The van der Waals surface area contributed by atoms with Crippen LogP contribution in [0.15, 0.2) is 42.5 Å². The Hall–Kier alpha value is -3.89. The third-order valence-electron chi connectivity index (χ3n) is 5.24. The molecule has 0 bridgehead atoms. The highest BCUT2D eigenvalue weighted by Crippen LogP contribution is 2.32. The maximum absolute atomic E-state index is 13.8. The third-order valence-corrected chi connectivity index (χ3v) is 5.24. The molecule has 4 rings (SSSR count). The van der Waals surface area contributed by atoms with Crippen molar-refractivity contribution in [3.63, 3.8) is 0 Å². The molecule has 11 heteroatoms. The minimum Gasteiger partial charge on any atom is -0.319 e. The van der Waals surface area contributed by atoms with Crippen molar-refractivity contribution in [1.82, 2.24) is 14.8 Å². The van der Waals surface area contributed by atoms with Gasteiger partial charge in [-0.25, -0.2) is 18.2 Å². The first kappa shape index (κ1) is 23.3. The Morgan fingerprint density at radius 1 is 1.00 bits per heavy atom. The van der Waals surface area contributed by atoms with E-state index in [0.29, 0.717) is 23.0 Å². The Balaban J connectivity index is 1.70. The summed E-state index contributed by atoms with van der Waals surface area (Å²) in [5, 5.41) is 6.72. The summed E-state index contributed by atoms with van der Waals surface area (Å²) in [5.74, 6) is -3.67. The molecule has 0 spiro atoms. The van der Waals surface area contributed by atoms with E-state index in [2.05, 4.69) is 15.4 Å². The fraction of sp³-hybridized carbons (Fsp3) is 0.174. The molecule has 0 unspecified atom stereocenters. The maximum Gasteiger partial charge on any atom is 0.433 e. The van der Waals surface area contributed by atoms with Crippen LogP contribution in [0.5, 0.6) is 0 Å². The van der Waals surface area contributed by atoms with Gasteiger partial charge in [-0.05, 0) is 55.8 Å². The van der Waals surface area contributed by atoms with Crippen molar-refractivity contribution in [2.75, 3.05) is 5.32 Å². The number of carbonyl (C=O) groups excluding carboxylic acids is 1. The molecule has 0 aliphatic carbocycles. The molecule has 176 valence electrons. The monoisotopic (exact) mass is 478 g/mol. The average molecular weight is 478 g/mol. The van der Waals surface area contributed by atoms with E-state index < -0.39 is 40.8 Å². The Labute approximate surface area is 189 Å². The van der Waals surface area contributed by atoms with Crippen LogP contribution in [0.4, 0.5) is 32.0 Å². The molecule has 4 aromatic rings. The normalized spacial score (nSPS) is 11.8. The van der Waals surface area contributed by atoms with Crippen LogP contribution < -0.4 is 5.32 Å². The lowest BCUT2D eigenvalue weighted by Gasteiger charge is -2.12. The van der Waals surface area contributed by atoms with Gasteiger partial charge in [0.1, 0.15) is 11.5 Å². The topological polar surface area (TPSA) is 59.8 Å². The molecule has 0 aliphatic heterocycles.